The molecule has 2 rings (SSSR count). The van der Waals surface area contributed by atoms with Crippen LogP contribution in [0, 0.1) is 0 Å². The average Bonchev–Trinajstić information content (AvgIpc) is 2.46. The van der Waals surface area contributed by atoms with Gasteiger partial charge in [0, 0.05) is 35.3 Å². The van der Waals surface area contributed by atoms with E-state index < -0.39 is 6.09 Å². The molecule has 6 heteroatoms. The Morgan fingerprint density at radius 3 is 2.80 bits per heavy atom. The number of methoxy groups -OCH3 is 1. The number of aromatic nitrogens is 1. The second kappa shape index (κ2) is 6.03. The molecular formula is C14H14N2O4. The van der Waals surface area contributed by atoms with Crippen molar-refractivity contribution in [2.24, 2.45) is 0 Å². The Morgan fingerprint density at radius 1 is 1.35 bits per heavy atom. The Hall–Kier alpha value is -2.60. The predicted molar refractivity (Wildman–Crippen MR) is 73.8 cm³/mol. The van der Waals surface area contributed by atoms with E-state index in [1.807, 2.05) is 0 Å². The maximum absolute atomic E-state index is 10.6. The lowest BCUT2D eigenvalue weighted by Crippen LogP contribution is -2.07. The maximum atomic E-state index is 10.6. The fourth-order valence-corrected chi connectivity index (χ4v) is 1.93. The van der Waals surface area contributed by atoms with Crippen molar-refractivity contribution in [3.63, 3.8) is 0 Å². The molecule has 104 valence electrons. The van der Waals surface area contributed by atoms with Gasteiger partial charge >= 0.3 is 6.09 Å². The van der Waals surface area contributed by atoms with Gasteiger partial charge in [0.15, 0.2) is 0 Å². The third-order valence-corrected chi connectivity index (χ3v) is 2.82. The van der Waals surface area contributed by atoms with E-state index in [4.69, 9.17) is 9.84 Å². The Balaban J connectivity index is 2.48. The van der Waals surface area contributed by atoms with Crippen molar-refractivity contribution < 1.29 is 19.7 Å². The van der Waals surface area contributed by atoms with Crippen molar-refractivity contribution in [3.05, 3.63) is 42.2 Å². The molecule has 1 amide bonds. The molecule has 0 aliphatic heterocycles. The highest BCUT2D eigenvalue weighted by Crippen LogP contribution is 2.34. The monoisotopic (exact) mass is 274 g/mol. The van der Waals surface area contributed by atoms with Crippen molar-refractivity contribution in [1.29, 1.82) is 0 Å². The summed E-state index contributed by atoms with van der Waals surface area (Å²) in [5, 5.41) is 20.3. The second-order valence-corrected chi connectivity index (χ2v) is 4.04. The van der Waals surface area contributed by atoms with E-state index in [0.717, 1.165) is 11.1 Å². The van der Waals surface area contributed by atoms with Crippen molar-refractivity contribution in [2.45, 2.75) is 6.61 Å². The molecule has 6 nitrogen and oxygen atoms in total. The number of ether oxygens (including phenoxy) is 1. The first-order valence-corrected chi connectivity index (χ1v) is 5.87. The van der Waals surface area contributed by atoms with Gasteiger partial charge in [0.05, 0.1) is 13.7 Å². The summed E-state index contributed by atoms with van der Waals surface area (Å²) < 4.78 is 5.29. The van der Waals surface area contributed by atoms with E-state index in [2.05, 4.69) is 10.3 Å². The number of nitrogens with one attached hydrogen (secondary N) is 1. The van der Waals surface area contributed by atoms with Gasteiger partial charge in [-0.25, -0.2) is 4.79 Å². The molecule has 0 fully saturated rings. The number of aliphatic hydroxyl groups excluding tert-OH is 1. The Bertz CT molecular complexity index is 628. The van der Waals surface area contributed by atoms with Crippen LogP contribution in [0.5, 0.6) is 5.75 Å². The number of amides is 1. The number of rotatable bonds is 4. The van der Waals surface area contributed by atoms with Crippen molar-refractivity contribution >= 4 is 11.8 Å². The lowest BCUT2D eigenvalue weighted by Gasteiger charge is -2.13. The highest BCUT2D eigenvalue weighted by Gasteiger charge is 2.11. The minimum atomic E-state index is -1.14. The fourth-order valence-electron chi connectivity index (χ4n) is 1.93. The smallest absolute Gasteiger partial charge is 0.409 e. The quantitative estimate of drug-likeness (QED) is 0.796. The van der Waals surface area contributed by atoms with Crippen LogP contribution in [0.15, 0.2) is 36.7 Å². The molecule has 1 aromatic carbocycles. The van der Waals surface area contributed by atoms with Crippen LogP contribution in [-0.2, 0) is 6.61 Å². The SMILES string of the molecule is COc1cc(NC(=O)O)ccc1-c1ccncc1CO. The zero-order valence-corrected chi connectivity index (χ0v) is 10.8. The molecule has 20 heavy (non-hydrogen) atoms. The van der Waals surface area contributed by atoms with Crippen LogP contribution < -0.4 is 10.1 Å². The molecule has 0 spiro atoms. The topological polar surface area (TPSA) is 91.7 Å². The summed E-state index contributed by atoms with van der Waals surface area (Å²) >= 11 is 0. The average molecular weight is 274 g/mol. The summed E-state index contributed by atoms with van der Waals surface area (Å²) in [7, 11) is 1.50. The number of carboxylic acid groups (broad SMARTS) is 1. The van der Waals surface area contributed by atoms with E-state index in [0.29, 0.717) is 17.0 Å². The van der Waals surface area contributed by atoms with E-state index in [9.17, 15) is 9.90 Å². The number of nitrogens with zero attached hydrogens (tertiary/aromatic N) is 1. The number of hydrogen-bond acceptors (Lipinski definition) is 4. The minimum Gasteiger partial charge on any atom is -0.496 e. The standard InChI is InChI=1S/C14H14N2O4/c1-20-13-6-10(16-14(18)19)2-3-12(13)11-4-5-15-7-9(11)8-17/h2-7,16-17H,8H2,1H3,(H,18,19). The van der Waals surface area contributed by atoms with Gasteiger partial charge in [-0.1, -0.05) is 0 Å². The number of benzene rings is 1. The first kappa shape index (κ1) is 13.8. The molecule has 3 N–H and O–H groups in total. The fraction of sp³-hybridized carbons (Fsp3) is 0.143. The third-order valence-electron chi connectivity index (χ3n) is 2.82. The number of pyridine rings is 1. The first-order valence-electron chi connectivity index (χ1n) is 5.87. The van der Waals surface area contributed by atoms with Crippen LogP contribution >= 0.6 is 0 Å². The van der Waals surface area contributed by atoms with Crippen LogP contribution in [0.3, 0.4) is 0 Å². The van der Waals surface area contributed by atoms with Gasteiger partial charge in [-0.05, 0) is 23.8 Å². The predicted octanol–water partition coefficient (Wildman–Crippen LogP) is 2.34. The number of anilines is 1. The molecule has 1 aromatic heterocycles. The van der Waals surface area contributed by atoms with Gasteiger partial charge in [0.1, 0.15) is 5.75 Å². The molecular weight excluding hydrogens is 260 g/mol. The normalized spacial score (nSPS) is 10.1. The maximum Gasteiger partial charge on any atom is 0.409 e. The van der Waals surface area contributed by atoms with Crippen molar-refractivity contribution in [1.82, 2.24) is 4.98 Å². The summed E-state index contributed by atoms with van der Waals surface area (Å²) in [5.74, 6) is 0.511. The zero-order chi connectivity index (χ0) is 14.5. The van der Waals surface area contributed by atoms with Crippen LogP contribution in [0.4, 0.5) is 10.5 Å². The first-order chi connectivity index (χ1) is 9.65. The van der Waals surface area contributed by atoms with Crippen molar-refractivity contribution in [2.75, 3.05) is 12.4 Å². The third kappa shape index (κ3) is 2.86. The van der Waals surface area contributed by atoms with Gasteiger partial charge in [0.25, 0.3) is 0 Å². The Kier molecular flexibility index (Phi) is 4.17. The molecule has 0 unspecified atom stereocenters. The molecule has 0 saturated heterocycles. The van der Waals surface area contributed by atoms with E-state index in [1.54, 1.807) is 36.7 Å². The lowest BCUT2D eigenvalue weighted by molar-refractivity contribution is 0.209. The van der Waals surface area contributed by atoms with E-state index >= 15 is 0 Å². The highest BCUT2D eigenvalue weighted by atomic mass is 16.5. The van der Waals surface area contributed by atoms with Gasteiger partial charge < -0.3 is 14.9 Å². The highest BCUT2D eigenvalue weighted by molar-refractivity contribution is 5.85. The summed E-state index contributed by atoms with van der Waals surface area (Å²) in [4.78, 5) is 14.6. The molecule has 0 bridgehead atoms. The summed E-state index contributed by atoms with van der Waals surface area (Å²) in [6.45, 7) is -0.137. The number of hydrogen-bond donors (Lipinski definition) is 3. The summed E-state index contributed by atoms with van der Waals surface area (Å²) in [6.07, 6.45) is 2.06. The van der Waals surface area contributed by atoms with Gasteiger partial charge in [-0.3, -0.25) is 10.3 Å². The molecule has 0 saturated carbocycles. The van der Waals surface area contributed by atoms with Crippen LogP contribution in [0.25, 0.3) is 11.1 Å². The Morgan fingerprint density at radius 2 is 2.15 bits per heavy atom. The lowest BCUT2D eigenvalue weighted by atomic mass is 10.0. The second-order valence-electron chi connectivity index (χ2n) is 4.04. The zero-order valence-electron chi connectivity index (χ0n) is 10.8. The van der Waals surface area contributed by atoms with Gasteiger partial charge in [-0.15, -0.1) is 0 Å². The number of aliphatic hydroxyl groups is 1. The van der Waals surface area contributed by atoms with Crippen molar-refractivity contribution in [3.8, 4) is 16.9 Å². The molecule has 0 aliphatic carbocycles. The summed E-state index contributed by atoms with van der Waals surface area (Å²) in [5.41, 5.74) is 2.64. The van der Waals surface area contributed by atoms with Gasteiger partial charge in [0.2, 0.25) is 0 Å². The van der Waals surface area contributed by atoms with E-state index in [1.165, 1.54) is 7.11 Å². The molecule has 0 aliphatic rings. The molecule has 0 atom stereocenters. The molecule has 0 radical (unpaired) electrons. The van der Waals surface area contributed by atoms with E-state index in [-0.39, 0.29) is 6.61 Å². The largest absolute Gasteiger partial charge is 0.496 e. The summed E-state index contributed by atoms with van der Waals surface area (Å²) in [6, 6.07) is 6.73. The van der Waals surface area contributed by atoms with Gasteiger partial charge in [-0.2, -0.15) is 0 Å². The molecule has 2 aromatic rings. The Labute approximate surface area is 115 Å². The van der Waals surface area contributed by atoms with Crippen LogP contribution in [0.2, 0.25) is 0 Å². The molecule has 1 heterocycles. The minimum absolute atomic E-state index is 0.137. The van der Waals surface area contributed by atoms with Crippen LogP contribution in [0.1, 0.15) is 5.56 Å². The van der Waals surface area contributed by atoms with Crippen LogP contribution in [-0.4, -0.2) is 28.4 Å². The number of carbonyl (C=O) groups is 1.